The van der Waals surface area contributed by atoms with E-state index in [2.05, 4.69) is 0 Å². The Hall–Kier alpha value is -0.630. The molecule has 18 heavy (non-hydrogen) atoms. The van der Waals surface area contributed by atoms with Crippen molar-refractivity contribution < 1.29 is 18.3 Å². The van der Waals surface area contributed by atoms with Crippen molar-refractivity contribution in [3.05, 3.63) is 22.4 Å². The van der Waals surface area contributed by atoms with Crippen LogP contribution in [0, 0.1) is 0 Å². The molecule has 2 unspecified atom stereocenters. The molecule has 7 heteroatoms. The number of aliphatic hydroxyl groups excluding tert-OH is 1. The van der Waals surface area contributed by atoms with Crippen LogP contribution in [-0.2, 0) is 0 Å². The minimum atomic E-state index is -4.31. The van der Waals surface area contributed by atoms with Gasteiger partial charge >= 0.3 is 6.18 Å². The van der Waals surface area contributed by atoms with Crippen LogP contribution in [0.15, 0.2) is 16.8 Å². The summed E-state index contributed by atoms with van der Waals surface area (Å²) >= 11 is 1.41. The molecule has 0 aliphatic rings. The maximum Gasteiger partial charge on any atom is 0.401 e. The fourth-order valence-corrected chi connectivity index (χ4v) is 2.65. The second kappa shape index (κ2) is 6.51. The van der Waals surface area contributed by atoms with Gasteiger partial charge in [-0.15, -0.1) is 0 Å². The third-order valence-electron chi connectivity index (χ3n) is 2.55. The SMILES string of the molecule is CC(N)C(c1ccsc1)N(CCO)CC(F)(F)F. The Kier molecular flexibility index (Phi) is 5.58. The summed E-state index contributed by atoms with van der Waals surface area (Å²) < 4.78 is 37.6. The predicted molar refractivity (Wildman–Crippen MR) is 65.4 cm³/mol. The van der Waals surface area contributed by atoms with Crippen molar-refractivity contribution in [3.8, 4) is 0 Å². The molecule has 0 fully saturated rings. The first kappa shape index (κ1) is 15.4. The van der Waals surface area contributed by atoms with Gasteiger partial charge in [-0.25, -0.2) is 0 Å². The van der Waals surface area contributed by atoms with Gasteiger partial charge in [-0.05, 0) is 29.3 Å². The lowest BCUT2D eigenvalue weighted by Gasteiger charge is -2.34. The van der Waals surface area contributed by atoms with Crippen LogP contribution in [0.4, 0.5) is 13.2 Å². The molecule has 1 aromatic rings. The van der Waals surface area contributed by atoms with E-state index in [-0.39, 0.29) is 13.2 Å². The second-order valence-corrected chi connectivity index (χ2v) is 4.95. The highest BCUT2D eigenvalue weighted by Crippen LogP contribution is 2.28. The normalized spacial score (nSPS) is 15.9. The quantitative estimate of drug-likeness (QED) is 0.839. The first-order valence-electron chi connectivity index (χ1n) is 5.54. The zero-order chi connectivity index (χ0) is 13.8. The number of hydrogen-bond acceptors (Lipinski definition) is 4. The van der Waals surface area contributed by atoms with Crippen LogP contribution in [0.5, 0.6) is 0 Å². The molecular weight excluding hydrogens is 265 g/mol. The van der Waals surface area contributed by atoms with E-state index in [9.17, 15) is 13.2 Å². The zero-order valence-electron chi connectivity index (χ0n) is 10.0. The molecule has 1 heterocycles. The van der Waals surface area contributed by atoms with E-state index in [1.54, 1.807) is 23.8 Å². The first-order chi connectivity index (χ1) is 8.35. The Labute approximate surface area is 108 Å². The Morgan fingerprint density at radius 1 is 1.50 bits per heavy atom. The lowest BCUT2D eigenvalue weighted by atomic mass is 10.0. The van der Waals surface area contributed by atoms with Gasteiger partial charge in [0.05, 0.1) is 19.2 Å². The summed E-state index contributed by atoms with van der Waals surface area (Å²) in [6.07, 6.45) is -4.31. The third-order valence-corrected chi connectivity index (χ3v) is 3.25. The van der Waals surface area contributed by atoms with Crippen molar-refractivity contribution in [2.45, 2.75) is 25.2 Å². The highest BCUT2D eigenvalue weighted by Gasteiger charge is 2.35. The predicted octanol–water partition coefficient (Wildman–Crippen LogP) is 1.99. The highest BCUT2D eigenvalue weighted by atomic mass is 32.1. The number of rotatable bonds is 6. The van der Waals surface area contributed by atoms with Crippen LogP contribution in [0.3, 0.4) is 0 Å². The Balaban J connectivity index is 2.92. The van der Waals surface area contributed by atoms with Crippen molar-refractivity contribution >= 4 is 11.3 Å². The van der Waals surface area contributed by atoms with Crippen molar-refractivity contribution in [2.75, 3.05) is 19.7 Å². The van der Waals surface area contributed by atoms with Crippen LogP contribution in [0.1, 0.15) is 18.5 Å². The standard InChI is InChI=1S/C11H17F3N2OS/c1-8(15)10(9-2-5-18-6-9)16(3-4-17)7-11(12,13)14/h2,5-6,8,10,17H,3-4,7,15H2,1H3. The van der Waals surface area contributed by atoms with E-state index < -0.39 is 24.8 Å². The highest BCUT2D eigenvalue weighted by molar-refractivity contribution is 7.07. The largest absolute Gasteiger partial charge is 0.401 e. The van der Waals surface area contributed by atoms with E-state index in [0.717, 1.165) is 5.56 Å². The fourth-order valence-electron chi connectivity index (χ4n) is 1.97. The summed E-state index contributed by atoms with van der Waals surface area (Å²) in [5, 5.41) is 12.5. The molecule has 1 aromatic heterocycles. The molecule has 3 N–H and O–H groups in total. The molecule has 0 aliphatic heterocycles. The van der Waals surface area contributed by atoms with E-state index in [1.165, 1.54) is 16.2 Å². The molecule has 0 radical (unpaired) electrons. The molecule has 0 spiro atoms. The summed E-state index contributed by atoms with van der Waals surface area (Å²) in [6, 6.07) is 0.776. The van der Waals surface area contributed by atoms with Crippen LogP contribution in [0.2, 0.25) is 0 Å². The van der Waals surface area contributed by atoms with Gasteiger partial charge in [0, 0.05) is 12.6 Å². The second-order valence-electron chi connectivity index (χ2n) is 4.17. The Morgan fingerprint density at radius 3 is 2.56 bits per heavy atom. The summed E-state index contributed by atoms with van der Waals surface area (Å²) in [6.45, 7) is 0.212. The first-order valence-corrected chi connectivity index (χ1v) is 6.48. The molecule has 104 valence electrons. The molecule has 3 nitrogen and oxygen atoms in total. The number of nitrogens with zero attached hydrogens (tertiary/aromatic N) is 1. The minimum absolute atomic E-state index is 0.0540. The van der Waals surface area contributed by atoms with Crippen molar-refractivity contribution in [2.24, 2.45) is 5.73 Å². The zero-order valence-corrected chi connectivity index (χ0v) is 10.8. The Morgan fingerprint density at radius 2 is 2.17 bits per heavy atom. The number of thiophene rings is 1. The number of aliphatic hydroxyl groups is 1. The molecule has 0 aliphatic carbocycles. The van der Waals surface area contributed by atoms with Crippen LogP contribution >= 0.6 is 11.3 Å². The smallest absolute Gasteiger partial charge is 0.395 e. The van der Waals surface area contributed by atoms with Gasteiger partial charge in [-0.1, -0.05) is 0 Å². The van der Waals surface area contributed by atoms with Gasteiger partial charge < -0.3 is 10.8 Å². The molecule has 0 saturated carbocycles. The summed E-state index contributed by atoms with van der Waals surface area (Å²) in [7, 11) is 0. The number of halogens is 3. The molecule has 1 rings (SSSR count). The average molecular weight is 282 g/mol. The Bertz CT molecular complexity index is 341. The van der Waals surface area contributed by atoms with E-state index >= 15 is 0 Å². The summed E-state index contributed by atoms with van der Waals surface area (Å²) in [5.74, 6) is 0. The van der Waals surface area contributed by atoms with Crippen molar-refractivity contribution in [3.63, 3.8) is 0 Å². The maximum absolute atomic E-state index is 12.5. The van der Waals surface area contributed by atoms with Crippen molar-refractivity contribution in [1.82, 2.24) is 4.90 Å². The minimum Gasteiger partial charge on any atom is -0.395 e. The van der Waals surface area contributed by atoms with Crippen LogP contribution in [0.25, 0.3) is 0 Å². The topological polar surface area (TPSA) is 49.5 Å². The van der Waals surface area contributed by atoms with Crippen LogP contribution in [-0.4, -0.2) is 41.9 Å². The monoisotopic (exact) mass is 282 g/mol. The fraction of sp³-hybridized carbons (Fsp3) is 0.636. The molecule has 0 bridgehead atoms. The van der Waals surface area contributed by atoms with Crippen molar-refractivity contribution in [1.29, 1.82) is 0 Å². The van der Waals surface area contributed by atoms with Crippen LogP contribution < -0.4 is 5.73 Å². The summed E-state index contributed by atoms with van der Waals surface area (Å²) in [5.41, 5.74) is 6.55. The number of nitrogens with two attached hydrogens (primary N) is 1. The van der Waals surface area contributed by atoms with Gasteiger partial charge in [0.25, 0.3) is 0 Å². The van der Waals surface area contributed by atoms with Gasteiger partial charge in [0.1, 0.15) is 0 Å². The molecule has 2 atom stereocenters. The third kappa shape index (κ3) is 4.56. The molecule has 0 aromatic carbocycles. The average Bonchev–Trinajstić information content (AvgIpc) is 2.68. The number of hydrogen-bond donors (Lipinski definition) is 2. The molecular formula is C11H17F3N2OS. The maximum atomic E-state index is 12.5. The van der Waals surface area contributed by atoms with E-state index in [0.29, 0.717) is 0 Å². The van der Waals surface area contributed by atoms with Gasteiger partial charge in [-0.2, -0.15) is 24.5 Å². The number of alkyl halides is 3. The lowest BCUT2D eigenvalue weighted by Crippen LogP contribution is -2.45. The van der Waals surface area contributed by atoms with Gasteiger partial charge in [0.2, 0.25) is 0 Å². The van der Waals surface area contributed by atoms with E-state index in [4.69, 9.17) is 10.8 Å². The molecule has 0 saturated heterocycles. The molecule has 0 amide bonds. The summed E-state index contributed by atoms with van der Waals surface area (Å²) in [4.78, 5) is 1.17. The lowest BCUT2D eigenvalue weighted by molar-refractivity contribution is -0.153. The van der Waals surface area contributed by atoms with Gasteiger partial charge in [-0.3, -0.25) is 4.90 Å². The van der Waals surface area contributed by atoms with E-state index in [1.807, 2.05) is 0 Å². The van der Waals surface area contributed by atoms with Gasteiger partial charge in [0.15, 0.2) is 0 Å².